The highest BCUT2D eigenvalue weighted by molar-refractivity contribution is 6.30. The molecule has 0 aliphatic carbocycles. The topological polar surface area (TPSA) is 82.1 Å². The summed E-state index contributed by atoms with van der Waals surface area (Å²) < 4.78 is 14.7. The summed E-state index contributed by atoms with van der Waals surface area (Å²) in [6, 6.07) is 5.28. The first-order valence-corrected chi connectivity index (χ1v) is 8.05. The third-order valence-electron chi connectivity index (χ3n) is 3.38. The van der Waals surface area contributed by atoms with Gasteiger partial charge in [0.1, 0.15) is 18.8 Å². The summed E-state index contributed by atoms with van der Waals surface area (Å²) in [5.41, 5.74) is 0.900. The molecule has 0 unspecified atom stereocenters. The molecule has 1 rings (SSSR count). The highest BCUT2D eigenvalue weighted by atomic mass is 35.5. The van der Waals surface area contributed by atoms with Crippen molar-refractivity contribution in [2.75, 3.05) is 33.9 Å². The number of rotatable bonds is 9. The molecule has 1 aromatic rings. The molecule has 138 valence electrons. The van der Waals surface area contributed by atoms with Crippen LogP contribution in [-0.4, -0.2) is 56.7 Å². The lowest BCUT2D eigenvalue weighted by Gasteiger charge is -2.20. The number of hydrogen-bond donors (Lipinski definition) is 0. The fourth-order valence-electron chi connectivity index (χ4n) is 2.01. The van der Waals surface area contributed by atoms with Crippen molar-refractivity contribution in [1.29, 1.82) is 0 Å². The monoisotopic (exact) mass is 371 g/mol. The van der Waals surface area contributed by atoms with E-state index < -0.39 is 11.9 Å². The third-order valence-corrected chi connectivity index (χ3v) is 3.61. The van der Waals surface area contributed by atoms with E-state index in [1.165, 1.54) is 14.2 Å². The van der Waals surface area contributed by atoms with E-state index in [2.05, 4.69) is 9.47 Å². The van der Waals surface area contributed by atoms with Gasteiger partial charge in [-0.25, -0.2) is 0 Å². The van der Waals surface area contributed by atoms with Crippen LogP contribution in [0.2, 0.25) is 5.02 Å². The van der Waals surface area contributed by atoms with Crippen molar-refractivity contribution in [1.82, 2.24) is 4.90 Å². The first-order chi connectivity index (χ1) is 11.9. The second kappa shape index (κ2) is 10.6. The van der Waals surface area contributed by atoms with Crippen LogP contribution in [0, 0.1) is 6.92 Å². The number of carbonyl (C=O) groups excluding carboxylic acids is 3. The summed E-state index contributed by atoms with van der Waals surface area (Å²) in [6.07, 6.45) is 0.556. The first kappa shape index (κ1) is 20.8. The quantitative estimate of drug-likeness (QED) is 0.487. The fraction of sp³-hybridized carbons (Fsp3) is 0.471. The number of methoxy groups -OCH3 is 2. The number of nitrogens with zero attached hydrogens (tertiary/aromatic N) is 1. The second-order valence-corrected chi connectivity index (χ2v) is 5.70. The maximum atomic E-state index is 12.2. The number of carbonyl (C=O) groups is 3. The molecule has 0 atom stereocenters. The molecule has 1 amide bonds. The molecule has 7 nitrogen and oxygen atoms in total. The van der Waals surface area contributed by atoms with Gasteiger partial charge >= 0.3 is 11.9 Å². The van der Waals surface area contributed by atoms with Crippen molar-refractivity contribution in [2.24, 2.45) is 0 Å². The SMILES string of the molecule is COC(=O)CN(CC(=O)OC)C(=O)CCCOc1ccc(Cl)cc1C. The minimum absolute atomic E-state index is 0.126. The van der Waals surface area contributed by atoms with Crippen molar-refractivity contribution in [3.05, 3.63) is 28.8 Å². The molecule has 0 saturated heterocycles. The number of hydrogen-bond acceptors (Lipinski definition) is 6. The number of benzene rings is 1. The fourth-order valence-corrected chi connectivity index (χ4v) is 2.24. The molecule has 0 aliphatic rings. The molecule has 0 heterocycles. The zero-order chi connectivity index (χ0) is 18.8. The maximum absolute atomic E-state index is 12.2. The first-order valence-electron chi connectivity index (χ1n) is 7.67. The lowest BCUT2D eigenvalue weighted by atomic mass is 10.2. The lowest BCUT2D eigenvalue weighted by molar-refractivity contribution is -0.152. The molecule has 0 aliphatic heterocycles. The van der Waals surface area contributed by atoms with Crippen LogP contribution < -0.4 is 4.74 Å². The van der Waals surface area contributed by atoms with Crippen LogP contribution in [0.3, 0.4) is 0 Å². The van der Waals surface area contributed by atoms with E-state index >= 15 is 0 Å². The molecule has 0 spiro atoms. The Morgan fingerprint density at radius 1 is 1.08 bits per heavy atom. The van der Waals surface area contributed by atoms with Gasteiger partial charge in [0.05, 0.1) is 20.8 Å². The predicted octanol–water partition coefficient (Wildman–Crippen LogP) is 1.98. The van der Waals surface area contributed by atoms with Crippen LogP contribution in [0.15, 0.2) is 18.2 Å². The number of ether oxygens (including phenoxy) is 3. The van der Waals surface area contributed by atoms with Gasteiger partial charge < -0.3 is 19.1 Å². The molecule has 0 N–H and O–H groups in total. The number of aryl methyl sites for hydroxylation is 1. The van der Waals surface area contributed by atoms with E-state index in [1.807, 2.05) is 6.92 Å². The van der Waals surface area contributed by atoms with Crippen molar-refractivity contribution in [3.63, 3.8) is 0 Å². The number of esters is 2. The Morgan fingerprint density at radius 3 is 2.20 bits per heavy atom. The van der Waals surface area contributed by atoms with E-state index in [0.29, 0.717) is 23.8 Å². The van der Waals surface area contributed by atoms with Crippen LogP contribution >= 0.6 is 11.6 Å². The normalized spacial score (nSPS) is 10.1. The second-order valence-electron chi connectivity index (χ2n) is 5.26. The summed E-state index contributed by atoms with van der Waals surface area (Å²) in [6.45, 7) is 1.59. The summed E-state index contributed by atoms with van der Waals surface area (Å²) >= 11 is 5.88. The molecule has 0 bridgehead atoms. The Kier molecular flexibility index (Phi) is 8.77. The Labute approximate surface area is 151 Å². The van der Waals surface area contributed by atoms with Gasteiger partial charge in [0, 0.05) is 11.4 Å². The Morgan fingerprint density at radius 2 is 1.68 bits per heavy atom. The predicted molar refractivity (Wildman–Crippen MR) is 91.5 cm³/mol. The molecule has 0 radical (unpaired) electrons. The van der Waals surface area contributed by atoms with E-state index in [-0.39, 0.29) is 25.4 Å². The zero-order valence-corrected chi connectivity index (χ0v) is 15.3. The van der Waals surface area contributed by atoms with Gasteiger partial charge in [-0.05, 0) is 37.1 Å². The molecule has 1 aromatic carbocycles. The van der Waals surface area contributed by atoms with Crippen LogP contribution in [0.5, 0.6) is 5.75 Å². The van der Waals surface area contributed by atoms with Crippen LogP contribution in [0.4, 0.5) is 0 Å². The molecule has 8 heteroatoms. The highest BCUT2D eigenvalue weighted by Crippen LogP contribution is 2.21. The largest absolute Gasteiger partial charge is 0.493 e. The highest BCUT2D eigenvalue weighted by Gasteiger charge is 2.20. The minimum Gasteiger partial charge on any atom is -0.493 e. The summed E-state index contributed by atoms with van der Waals surface area (Å²) in [4.78, 5) is 36.1. The molecule has 0 saturated carbocycles. The average molecular weight is 372 g/mol. The van der Waals surface area contributed by atoms with Gasteiger partial charge in [-0.1, -0.05) is 11.6 Å². The van der Waals surface area contributed by atoms with E-state index in [9.17, 15) is 14.4 Å². The van der Waals surface area contributed by atoms with Crippen molar-refractivity contribution in [3.8, 4) is 5.75 Å². The van der Waals surface area contributed by atoms with E-state index in [4.69, 9.17) is 16.3 Å². The van der Waals surface area contributed by atoms with Gasteiger partial charge in [-0.3, -0.25) is 14.4 Å². The molecule has 25 heavy (non-hydrogen) atoms. The van der Waals surface area contributed by atoms with Crippen LogP contribution in [0.25, 0.3) is 0 Å². The van der Waals surface area contributed by atoms with Gasteiger partial charge in [-0.2, -0.15) is 0 Å². The number of halogens is 1. The minimum atomic E-state index is -0.606. The van der Waals surface area contributed by atoms with Gasteiger partial charge in [-0.15, -0.1) is 0 Å². The van der Waals surface area contributed by atoms with Gasteiger partial charge in [0.2, 0.25) is 5.91 Å². The maximum Gasteiger partial charge on any atom is 0.325 e. The smallest absolute Gasteiger partial charge is 0.325 e. The summed E-state index contributed by atoms with van der Waals surface area (Å²) in [5.74, 6) is -0.874. The van der Waals surface area contributed by atoms with Crippen LogP contribution in [0.1, 0.15) is 18.4 Å². The molecular formula is C17H22ClNO6. The van der Waals surface area contributed by atoms with Crippen LogP contribution in [-0.2, 0) is 23.9 Å². The molecule has 0 aromatic heterocycles. The Balaban J connectivity index is 2.49. The molecule has 0 fully saturated rings. The van der Waals surface area contributed by atoms with Gasteiger partial charge in [0.15, 0.2) is 0 Å². The average Bonchev–Trinajstić information content (AvgIpc) is 2.58. The number of amides is 1. The van der Waals surface area contributed by atoms with E-state index in [0.717, 1.165) is 10.5 Å². The summed E-state index contributed by atoms with van der Waals surface area (Å²) in [7, 11) is 2.43. The summed E-state index contributed by atoms with van der Waals surface area (Å²) in [5, 5.41) is 0.626. The standard InChI is InChI=1S/C17H22ClNO6/c1-12-9-13(18)6-7-14(12)25-8-4-5-15(20)19(10-16(21)23-2)11-17(22)24-3/h6-7,9H,4-5,8,10-11H2,1-3H3. The Bertz CT molecular complexity index is 601. The third kappa shape index (κ3) is 7.43. The van der Waals surface area contributed by atoms with Crippen molar-refractivity contribution in [2.45, 2.75) is 19.8 Å². The van der Waals surface area contributed by atoms with E-state index in [1.54, 1.807) is 18.2 Å². The van der Waals surface area contributed by atoms with Gasteiger partial charge in [0.25, 0.3) is 0 Å². The zero-order valence-electron chi connectivity index (χ0n) is 14.5. The Hall–Kier alpha value is -2.28. The van der Waals surface area contributed by atoms with Crippen molar-refractivity contribution >= 4 is 29.4 Å². The molecular weight excluding hydrogens is 350 g/mol. The van der Waals surface area contributed by atoms with Crippen molar-refractivity contribution < 1.29 is 28.6 Å². The lowest BCUT2D eigenvalue weighted by Crippen LogP contribution is -2.40.